The van der Waals surface area contributed by atoms with Crippen molar-refractivity contribution >= 4 is 28.5 Å². The Hall–Kier alpha value is -2.02. The summed E-state index contributed by atoms with van der Waals surface area (Å²) in [5, 5.41) is 4.26. The number of H-pyrrole nitrogens is 1. The van der Waals surface area contributed by atoms with Crippen LogP contribution in [0.4, 0.5) is 5.82 Å². The first kappa shape index (κ1) is 13.9. The number of aromatic nitrogens is 5. The number of nitrogens with zero attached hydrogens (tertiary/aromatic N) is 5. The molecule has 3 aromatic rings. The van der Waals surface area contributed by atoms with Crippen molar-refractivity contribution in [3.63, 3.8) is 0 Å². The van der Waals surface area contributed by atoms with Crippen molar-refractivity contribution in [1.29, 1.82) is 0 Å². The fourth-order valence-corrected chi connectivity index (χ4v) is 2.90. The van der Waals surface area contributed by atoms with Gasteiger partial charge in [-0.2, -0.15) is 0 Å². The van der Waals surface area contributed by atoms with Gasteiger partial charge in [-0.05, 0) is 23.7 Å². The summed E-state index contributed by atoms with van der Waals surface area (Å²) in [6.07, 6.45) is 0. The van der Waals surface area contributed by atoms with Crippen molar-refractivity contribution < 1.29 is 0 Å². The van der Waals surface area contributed by atoms with E-state index in [4.69, 9.17) is 0 Å². The van der Waals surface area contributed by atoms with Crippen molar-refractivity contribution in [2.75, 3.05) is 19.0 Å². The molecule has 0 aliphatic heterocycles. The SMILES string of the molecule is CN(C)c1ccc2[nH]c(-c3snnc3C(C)(C)C)nc2n1. The molecule has 3 rings (SSSR count). The van der Waals surface area contributed by atoms with Crippen LogP contribution in [-0.4, -0.2) is 38.6 Å². The maximum absolute atomic E-state index is 4.61. The maximum Gasteiger partial charge on any atom is 0.180 e. The fraction of sp³-hybridized carbons (Fsp3) is 0.429. The molecule has 0 radical (unpaired) electrons. The third-order valence-corrected chi connectivity index (χ3v) is 3.94. The third kappa shape index (κ3) is 2.49. The van der Waals surface area contributed by atoms with Crippen LogP contribution in [0.1, 0.15) is 26.5 Å². The van der Waals surface area contributed by atoms with E-state index in [1.165, 1.54) is 11.5 Å². The van der Waals surface area contributed by atoms with Crippen LogP contribution in [0.25, 0.3) is 21.9 Å². The number of rotatable bonds is 2. The minimum atomic E-state index is -0.0659. The van der Waals surface area contributed by atoms with Crippen molar-refractivity contribution in [2.45, 2.75) is 26.2 Å². The van der Waals surface area contributed by atoms with Gasteiger partial charge in [-0.25, -0.2) is 9.97 Å². The summed E-state index contributed by atoms with van der Waals surface area (Å²) in [5.74, 6) is 1.67. The third-order valence-electron chi connectivity index (χ3n) is 3.20. The molecular formula is C14H18N6S. The highest BCUT2D eigenvalue weighted by atomic mass is 32.1. The van der Waals surface area contributed by atoms with Gasteiger partial charge in [0.1, 0.15) is 10.7 Å². The van der Waals surface area contributed by atoms with Gasteiger partial charge in [-0.15, -0.1) is 5.10 Å². The van der Waals surface area contributed by atoms with E-state index in [1.54, 1.807) is 0 Å². The molecule has 3 aromatic heterocycles. The first-order valence-corrected chi connectivity index (χ1v) is 7.51. The van der Waals surface area contributed by atoms with Crippen LogP contribution in [0, 0.1) is 0 Å². The molecular weight excluding hydrogens is 284 g/mol. The van der Waals surface area contributed by atoms with E-state index in [0.29, 0.717) is 5.65 Å². The minimum Gasteiger partial charge on any atom is -0.363 e. The maximum atomic E-state index is 4.61. The first-order chi connectivity index (χ1) is 9.86. The van der Waals surface area contributed by atoms with Gasteiger partial charge in [0, 0.05) is 19.5 Å². The normalized spacial score (nSPS) is 12.0. The molecule has 0 bridgehead atoms. The molecule has 0 fully saturated rings. The van der Waals surface area contributed by atoms with E-state index >= 15 is 0 Å². The Kier molecular flexibility index (Phi) is 3.16. The molecule has 0 aliphatic carbocycles. The summed E-state index contributed by atoms with van der Waals surface area (Å²) >= 11 is 1.36. The van der Waals surface area contributed by atoms with Crippen LogP contribution in [0.5, 0.6) is 0 Å². The van der Waals surface area contributed by atoms with Crippen molar-refractivity contribution in [1.82, 2.24) is 24.5 Å². The standard InChI is InChI=1S/C14H18N6S/c1-14(2,3)11-10(21-19-18-11)13-15-8-6-7-9(20(4)5)16-12(8)17-13/h6-7H,1-5H3,(H,15,16,17). The number of pyridine rings is 1. The summed E-state index contributed by atoms with van der Waals surface area (Å²) in [4.78, 5) is 15.4. The molecule has 7 heteroatoms. The van der Waals surface area contributed by atoms with E-state index in [1.807, 2.05) is 31.1 Å². The summed E-state index contributed by atoms with van der Waals surface area (Å²) in [6, 6.07) is 3.97. The lowest BCUT2D eigenvalue weighted by atomic mass is 9.91. The Bertz CT molecular complexity index is 780. The van der Waals surface area contributed by atoms with Crippen molar-refractivity contribution in [3.8, 4) is 10.7 Å². The molecule has 0 spiro atoms. The molecule has 0 atom stereocenters. The molecule has 0 aliphatic rings. The van der Waals surface area contributed by atoms with Gasteiger partial charge in [-0.1, -0.05) is 25.3 Å². The highest BCUT2D eigenvalue weighted by Gasteiger charge is 2.25. The molecule has 21 heavy (non-hydrogen) atoms. The zero-order chi connectivity index (χ0) is 15.2. The van der Waals surface area contributed by atoms with Crippen LogP contribution >= 0.6 is 11.5 Å². The second-order valence-electron chi connectivity index (χ2n) is 6.22. The lowest BCUT2D eigenvalue weighted by Gasteiger charge is -2.15. The second-order valence-corrected chi connectivity index (χ2v) is 6.98. The summed E-state index contributed by atoms with van der Waals surface area (Å²) in [6.45, 7) is 6.37. The molecule has 0 saturated carbocycles. The lowest BCUT2D eigenvalue weighted by Crippen LogP contribution is -2.13. The molecule has 1 N–H and O–H groups in total. The molecule has 0 amide bonds. The van der Waals surface area contributed by atoms with Gasteiger partial charge in [-0.3, -0.25) is 0 Å². The monoisotopic (exact) mass is 302 g/mol. The van der Waals surface area contributed by atoms with Crippen LogP contribution in [-0.2, 0) is 5.41 Å². The van der Waals surface area contributed by atoms with E-state index in [9.17, 15) is 0 Å². The molecule has 110 valence electrons. The van der Waals surface area contributed by atoms with Crippen LogP contribution < -0.4 is 4.90 Å². The van der Waals surface area contributed by atoms with E-state index in [2.05, 4.69) is 45.3 Å². The summed E-state index contributed by atoms with van der Waals surface area (Å²) < 4.78 is 4.08. The summed E-state index contributed by atoms with van der Waals surface area (Å²) in [7, 11) is 3.93. The first-order valence-electron chi connectivity index (χ1n) is 6.73. The van der Waals surface area contributed by atoms with E-state index < -0.39 is 0 Å². The molecule has 0 unspecified atom stereocenters. The smallest absolute Gasteiger partial charge is 0.180 e. The number of nitrogens with one attached hydrogen (secondary N) is 1. The fourth-order valence-electron chi connectivity index (χ4n) is 2.08. The molecule has 0 saturated heterocycles. The topological polar surface area (TPSA) is 70.6 Å². The van der Waals surface area contributed by atoms with Crippen molar-refractivity contribution in [3.05, 3.63) is 17.8 Å². The predicted molar refractivity (Wildman–Crippen MR) is 85.8 cm³/mol. The number of fused-ring (bicyclic) bond motifs is 1. The zero-order valence-electron chi connectivity index (χ0n) is 12.8. The van der Waals surface area contributed by atoms with Crippen LogP contribution in [0.2, 0.25) is 0 Å². The average molecular weight is 302 g/mol. The van der Waals surface area contributed by atoms with Gasteiger partial charge >= 0.3 is 0 Å². The van der Waals surface area contributed by atoms with Crippen LogP contribution in [0.15, 0.2) is 12.1 Å². The molecule has 6 nitrogen and oxygen atoms in total. The van der Waals surface area contributed by atoms with Gasteiger partial charge < -0.3 is 9.88 Å². The highest BCUT2D eigenvalue weighted by molar-refractivity contribution is 7.09. The number of aromatic amines is 1. The highest BCUT2D eigenvalue weighted by Crippen LogP contribution is 2.33. The lowest BCUT2D eigenvalue weighted by molar-refractivity contribution is 0.568. The quantitative estimate of drug-likeness (QED) is 0.788. The molecule has 3 heterocycles. The number of anilines is 1. The number of hydrogen-bond donors (Lipinski definition) is 1. The predicted octanol–water partition coefficient (Wildman–Crippen LogP) is 2.84. The second kappa shape index (κ2) is 4.77. The minimum absolute atomic E-state index is 0.0659. The van der Waals surface area contributed by atoms with Crippen molar-refractivity contribution in [2.24, 2.45) is 0 Å². The van der Waals surface area contributed by atoms with E-state index in [-0.39, 0.29) is 5.41 Å². The number of hydrogen-bond acceptors (Lipinski definition) is 6. The van der Waals surface area contributed by atoms with Gasteiger partial charge in [0.2, 0.25) is 0 Å². The Morgan fingerprint density at radius 2 is 1.90 bits per heavy atom. The Labute approximate surface area is 127 Å². The van der Waals surface area contributed by atoms with E-state index in [0.717, 1.165) is 27.7 Å². The zero-order valence-corrected chi connectivity index (χ0v) is 13.6. The Morgan fingerprint density at radius 3 is 2.57 bits per heavy atom. The average Bonchev–Trinajstić information content (AvgIpc) is 3.03. The number of imidazole rings is 1. The van der Waals surface area contributed by atoms with Gasteiger partial charge in [0.25, 0.3) is 0 Å². The Balaban J connectivity index is 2.12. The summed E-state index contributed by atoms with van der Waals surface area (Å²) in [5.41, 5.74) is 2.52. The Morgan fingerprint density at radius 1 is 1.14 bits per heavy atom. The van der Waals surface area contributed by atoms with Gasteiger partial charge in [0.05, 0.1) is 11.2 Å². The van der Waals surface area contributed by atoms with Crippen LogP contribution in [0.3, 0.4) is 0 Å². The molecule has 0 aromatic carbocycles. The largest absolute Gasteiger partial charge is 0.363 e. The van der Waals surface area contributed by atoms with Gasteiger partial charge in [0.15, 0.2) is 11.5 Å².